The third-order valence-electron chi connectivity index (χ3n) is 2.19. The average molecular weight is 207 g/mol. The number of primary amides is 1. The van der Waals surface area contributed by atoms with Gasteiger partial charge in [-0.05, 0) is 25.5 Å². The second kappa shape index (κ2) is 3.02. The maximum absolute atomic E-state index is 11.0. The van der Waals surface area contributed by atoms with Crippen molar-refractivity contribution in [2.75, 3.05) is 0 Å². The number of amides is 1. The van der Waals surface area contributed by atoms with Gasteiger partial charge < -0.3 is 5.73 Å². The highest BCUT2D eigenvalue weighted by molar-refractivity contribution is 7.20. The minimum atomic E-state index is -0.412. The van der Waals surface area contributed by atoms with Crippen LogP contribution in [0.1, 0.15) is 20.9 Å². The van der Waals surface area contributed by atoms with Gasteiger partial charge in [-0.3, -0.25) is 4.79 Å². The van der Waals surface area contributed by atoms with E-state index in [1.807, 2.05) is 13.8 Å². The van der Waals surface area contributed by atoms with Crippen molar-refractivity contribution in [2.45, 2.75) is 13.8 Å². The highest BCUT2D eigenvalue weighted by Gasteiger charge is 2.10. The number of nitrogens with zero attached hydrogens (tertiary/aromatic N) is 2. The van der Waals surface area contributed by atoms with Gasteiger partial charge in [0, 0.05) is 5.39 Å². The molecule has 5 heteroatoms. The molecule has 0 atom stereocenters. The number of hydrogen-bond donors (Lipinski definition) is 1. The Morgan fingerprint density at radius 2 is 2.14 bits per heavy atom. The molecule has 4 nitrogen and oxygen atoms in total. The maximum Gasteiger partial charge on any atom is 0.258 e. The third-order valence-corrected chi connectivity index (χ3v) is 3.23. The minimum absolute atomic E-state index is 0.412. The van der Waals surface area contributed by atoms with E-state index in [0.29, 0.717) is 4.88 Å². The Bertz CT molecular complexity index is 518. The van der Waals surface area contributed by atoms with Crippen LogP contribution in [-0.2, 0) is 0 Å². The normalized spacial score (nSPS) is 10.7. The summed E-state index contributed by atoms with van der Waals surface area (Å²) in [6.07, 6.45) is 0. The van der Waals surface area contributed by atoms with E-state index in [1.165, 1.54) is 11.3 Å². The fourth-order valence-corrected chi connectivity index (χ4v) is 2.13. The van der Waals surface area contributed by atoms with Crippen molar-refractivity contribution in [3.8, 4) is 0 Å². The highest BCUT2D eigenvalue weighted by atomic mass is 32.1. The second-order valence-electron chi connectivity index (χ2n) is 3.10. The van der Waals surface area contributed by atoms with Crippen LogP contribution >= 0.6 is 11.3 Å². The van der Waals surface area contributed by atoms with Crippen molar-refractivity contribution in [3.05, 3.63) is 22.2 Å². The Kier molecular flexibility index (Phi) is 1.96. The summed E-state index contributed by atoms with van der Waals surface area (Å²) in [6.45, 7) is 3.85. The summed E-state index contributed by atoms with van der Waals surface area (Å²) in [5.41, 5.74) is 7.12. The molecule has 2 aromatic rings. The van der Waals surface area contributed by atoms with Gasteiger partial charge in [0.2, 0.25) is 0 Å². The minimum Gasteiger partial charge on any atom is -0.365 e. The molecule has 1 amide bonds. The Balaban J connectivity index is 2.77. The molecule has 2 N–H and O–H groups in total. The Morgan fingerprint density at radius 3 is 2.79 bits per heavy atom. The van der Waals surface area contributed by atoms with Crippen LogP contribution in [-0.4, -0.2) is 16.1 Å². The molecule has 2 aromatic heterocycles. The van der Waals surface area contributed by atoms with Crippen LogP contribution in [0.2, 0.25) is 0 Å². The first-order valence-corrected chi connectivity index (χ1v) is 4.94. The molecule has 0 unspecified atom stereocenters. The molecule has 0 aromatic carbocycles. The van der Waals surface area contributed by atoms with E-state index in [-0.39, 0.29) is 0 Å². The van der Waals surface area contributed by atoms with Gasteiger partial charge in [-0.1, -0.05) is 0 Å². The summed E-state index contributed by atoms with van der Waals surface area (Å²) in [6, 6.07) is 1.78. The van der Waals surface area contributed by atoms with Crippen LogP contribution < -0.4 is 5.73 Å². The van der Waals surface area contributed by atoms with E-state index in [9.17, 15) is 4.79 Å². The number of nitrogens with two attached hydrogens (primary N) is 1. The van der Waals surface area contributed by atoms with Crippen molar-refractivity contribution >= 4 is 27.5 Å². The number of carbonyl (C=O) groups is 1. The summed E-state index contributed by atoms with van der Waals surface area (Å²) in [4.78, 5) is 12.2. The lowest BCUT2D eigenvalue weighted by Crippen LogP contribution is -2.08. The highest BCUT2D eigenvalue weighted by Crippen LogP contribution is 2.26. The maximum atomic E-state index is 11.0. The number of fused-ring (bicyclic) bond motifs is 1. The fraction of sp³-hybridized carbons (Fsp3) is 0.222. The molecular formula is C9H9N3OS. The molecule has 0 aliphatic carbocycles. The molecule has 0 fully saturated rings. The van der Waals surface area contributed by atoms with Gasteiger partial charge in [0.1, 0.15) is 4.83 Å². The number of aryl methyl sites for hydroxylation is 2. The molecule has 0 saturated heterocycles. The zero-order chi connectivity index (χ0) is 10.3. The van der Waals surface area contributed by atoms with Crippen LogP contribution in [0.4, 0.5) is 0 Å². The van der Waals surface area contributed by atoms with E-state index >= 15 is 0 Å². The smallest absolute Gasteiger partial charge is 0.258 e. The molecule has 0 aliphatic heterocycles. The molecular weight excluding hydrogens is 198 g/mol. The van der Waals surface area contributed by atoms with Crippen LogP contribution in [0.5, 0.6) is 0 Å². The molecule has 2 heterocycles. The van der Waals surface area contributed by atoms with E-state index < -0.39 is 5.91 Å². The molecule has 0 bridgehead atoms. The number of rotatable bonds is 1. The number of hydrogen-bond acceptors (Lipinski definition) is 4. The number of thiophene rings is 1. The lowest BCUT2D eigenvalue weighted by molar-refractivity contribution is 0.100. The van der Waals surface area contributed by atoms with E-state index in [4.69, 9.17) is 5.73 Å². The third kappa shape index (κ3) is 1.26. The molecule has 0 radical (unpaired) electrons. The first kappa shape index (κ1) is 9.08. The lowest BCUT2D eigenvalue weighted by atomic mass is 10.2. The molecule has 0 aliphatic rings. The molecule has 0 saturated carbocycles. The predicted octanol–water partition coefficient (Wildman–Crippen LogP) is 1.41. The average Bonchev–Trinajstić information content (AvgIpc) is 2.56. The fourth-order valence-electron chi connectivity index (χ4n) is 1.24. The van der Waals surface area contributed by atoms with Crippen LogP contribution in [0.15, 0.2) is 6.07 Å². The van der Waals surface area contributed by atoms with Gasteiger partial charge in [0.25, 0.3) is 5.91 Å². The summed E-state index contributed by atoms with van der Waals surface area (Å²) in [5, 5.41) is 8.96. The van der Waals surface area contributed by atoms with Gasteiger partial charge in [0.15, 0.2) is 0 Å². The topological polar surface area (TPSA) is 68.9 Å². The molecule has 2 rings (SSSR count). The quantitative estimate of drug-likeness (QED) is 0.768. The van der Waals surface area contributed by atoms with Crippen molar-refractivity contribution in [1.29, 1.82) is 0 Å². The second-order valence-corrected chi connectivity index (χ2v) is 4.13. The largest absolute Gasteiger partial charge is 0.365 e. The Labute approximate surface area is 84.8 Å². The van der Waals surface area contributed by atoms with Gasteiger partial charge >= 0.3 is 0 Å². The predicted molar refractivity (Wildman–Crippen MR) is 55.4 cm³/mol. The standard InChI is InChI=1S/C9H9N3OS/c1-4-5(2)11-12-9-6(4)3-7(14-9)8(10)13/h3H,1-2H3,(H2,10,13). The van der Waals surface area contributed by atoms with Gasteiger partial charge in [-0.15, -0.1) is 16.4 Å². The zero-order valence-corrected chi connectivity index (χ0v) is 8.68. The van der Waals surface area contributed by atoms with Crippen LogP contribution in [0.3, 0.4) is 0 Å². The Hall–Kier alpha value is -1.49. The summed E-state index contributed by atoms with van der Waals surface area (Å²) in [7, 11) is 0. The first-order valence-electron chi connectivity index (χ1n) is 4.13. The SMILES string of the molecule is Cc1nnc2sc(C(N)=O)cc2c1C. The van der Waals surface area contributed by atoms with Crippen LogP contribution in [0.25, 0.3) is 10.2 Å². The summed E-state index contributed by atoms with van der Waals surface area (Å²) >= 11 is 1.28. The number of carbonyl (C=O) groups excluding carboxylic acids is 1. The molecule has 72 valence electrons. The monoisotopic (exact) mass is 207 g/mol. The first-order chi connectivity index (χ1) is 6.59. The summed E-state index contributed by atoms with van der Waals surface area (Å²) < 4.78 is 0. The number of aromatic nitrogens is 2. The Morgan fingerprint density at radius 1 is 1.43 bits per heavy atom. The van der Waals surface area contributed by atoms with Gasteiger partial charge in [-0.2, -0.15) is 5.10 Å². The van der Waals surface area contributed by atoms with E-state index in [1.54, 1.807) is 6.07 Å². The lowest BCUT2D eigenvalue weighted by Gasteiger charge is -1.96. The van der Waals surface area contributed by atoms with E-state index in [2.05, 4.69) is 10.2 Å². The van der Waals surface area contributed by atoms with Crippen molar-refractivity contribution in [3.63, 3.8) is 0 Å². The summed E-state index contributed by atoms with van der Waals surface area (Å²) in [5.74, 6) is -0.412. The van der Waals surface area contributed by atoms with Gasteiger partial charge in [0.05, 0.1) is 10.6 Å². The van der Waals surface area contributed by atoms with Crippen LogP contribution in [0, 0.1) is 13.8 Å². The van der Waals surface area contributed by atoms with Crippen molar-refractivity contribution in [1.82, 2.24) is 10.2 Å². The van der Waals surface area contributed by atoms with Crippen molar-refractivity contribution in [2.24, 2.45) is 5.73 Å². The van der Waals surface area contributed by atoms with Gasteiger partial charge in [-0.25, -0.2) is 0 Å². The zero-order valence-electron chi connectivity index (χ0n) is 7.87. The van der Waals surface area contributed by atoms with E-state index in [0.717, 1.165) is 21.5 Å². The molecule has 0 spiro atoms. The van der Waals surface area contributed by atoms with Crippen molar-refractivity contribution < 1.29 is 4.79 Å². The molecule has 14 heavy (non-hydrogen) atoms.